The number of alkyl halides is 6. The van der Waals surface area contributed by atoms with E-state index in [9.17, 15) is 26.3 Å². The van der Waals surface area contributed by atoms with Crippen LogP contribution in [-0.4, -0.2) is 4.98 Å². The summed E-state index contributed by atoms with van der Waals surface area (Å²) >= 11 is 2.72. The first-order chi connectivity index (χ1) is 7.27. The van der Waals surface area contributed by atoms with E-state index in [-0.39, 0.29) is 5.33 Å². The lowest BCUT2D eigenvalue weighted by Crippen LogP contribution is -2.15. The lowest BCUT2D eigenvalue weighted by molar-refractivity contribution is -0.143. The number of hydrogen-bond donors (Lipinski definition) is 0. The van der Waals surface area contributed by atoms with Gasteiger partial charge in [-0.3, -0.25) is 0 Å². The van der Waals surface area contributed by atoms with Crippen LogP contribution in [0.5, 0.6) is 0 Å². The minimum absolute atomic E-state index is 0.310. The number of pyridine rings is 1. The molecule has 0 aliphatic heterocycles. The Labute approximate surface area is 94.6 Å². The monoisotopic (exact) mass is 307 g/mol. The summed E-state index contributed by atoms with van der Waals surface area (Å²) < 4.78 is 74.6. The highest BCUT2D eigenvalue weighted by Gasteiger charge is 2.39. The molecule has 0 aliphatic rings. The highest BCUT2D eigenvalue weighted by Crippen LogP contribution is 2.37. The SMILES string of the molecule is Fc1cc(CBr)c(C(F)F)c(C(F)(F)F)n1. The van der Waals surface area contributed by atoms with Crippen LogP contribution in [0.15, 0.2) is 6.07 Å². The van der Waals surface area contributed by atoms with Gasteiger partial charge >= 0.3 is 6.18 Å². The third kappa shape index (κ3) is 2.66. The van der Waals surface area contributed by atoms with Crippen molar-refractivity contribution < 1.29 is 26.3 Å². The Morgan fingerprint density at radius 3 is 2.25 bits per heavy atom. The first-order valence-corrected chi connectivity index (χ1v) is 5.00. The van der Waals surface area contributed by atoms with Gasteiger partial charge in [-0.15, -0.1) is 0 Å². The molecule has 0 atom stereocenters. The molecule has 0 saturated carbocycles. The summed E-state index contributed by atoms with van der Waals surface area (Å²) in [5, 5.41) is -0.310. The molecular formula is C8H4BrF6N. The summed E-state index contributed by atoms with van der Waals surface area (Å²) in [5.41, 5.74) is -3.63. The molecule has 16 heavy (non-hydrogen) atoms. The molecule has 0 radical (unpaired) electrons. The lowest BCUT2D eigenvalue weighted by Gasteiger charge is -2.14. The quantitative estimate of drug-likeness (QED) is 0.456. The first-order valence-electron chi connectivity index (χ1n) is 3.88. The molecule has 90 valence electrons. The molecule has 1 aromatic heterocycles. The second-order valence-electron chi connectivity index (χ2n) is 2.80. The molecule has 0 aromatic carbocycles. The van der Waals surface area contributed by atoms with Crippen molar-refractivity contribution in [1.82, 2.24) is 4.98 Å². The summed E-state index contributed by atoms with van der Waals surface area (Å²) in [6.45, 7) is 0. The fourth-order valence-corrected chi connectivity index (χ4v) is 1.61. The van der Waals surface area contributed by atoms with Crippen molar-refractivity contribution in [1.29, 1.82) is 0 Å². The average molecular weight is 308 g/mol. The third-order valence-corrected chi connectivity index (χ3v) is 2.35. The zero-order chi connectivity index (χ0) is 12.5. The Kier molecular flexibility index (Phi) is 3.82. The summed E-state index contributed by atoms with van der Waals surface area (Å²) in [4.78, 5) is 2.48. The minimum Gasteiger partial charge on any atom is -0.215 e. The Hall–Kier alpha value is -0.790. The average Bonchev–Trinajstić information content (AvgIpc) is 2.14. The second-order valence-corrected chi connectivity index (χ2v) is 3.36. The second kappa shape index (κ2) is 4.60. The van der Waals surface area contributed by atoms with Gasteiger partial charge in [0.05, 0.1) is 5.56 Å². The molecule has 1 aromatic rings. The highest BCUT2D eigenvalue weighted by atomic mass is 79.9. The maximum absolute atomic E-state index is 12.7. The number of hydrogen-bond acceptors (Lipinski definition) is 1. The van der Waals surface area contributed by atoms with Crippen LogP contribution in [-0.2, 0) is 11.5 Å². The van der Waals surface area contributed by atoms with E-state index in [1.807, 2.05) is 0 Å². The Bertz CT molecular complexity index is 389. The van der Waals surface area contributed by atoms with Gasteiger partial charge in [0.15, 0.2) is 5.69 Å². The van der Waals surface area contributed by atoms with Crippen LogP contribution in [0.4, 0.5) is 26.3 Å². The molecule has 0 aliphatic carbocycles. The minimum atomic E-state index is -5.11. The highest BCUT2D eigenvalue weighted by molar-refractivity contribution is 9.08. The summed E-state index contributed by atoms with van der Waals surface area (Å²) in [5.74, 6) is -1.44. The van der Waals surface area contributed by atoms with Crippen LogP contribution in [0.3, 0.4) is 0 Å². The van der Waals surface area contributed by atoms with Crippen molar-refractivity contribution in [2.45, 2.75) is 17.9 Å². The maximum Gasteiger partial charge on any atom is 0.433 e. The number of rotatable bonds is 2. The van der Waals surface area contributed by atoms with E-state index < -0.39 is 35.4 Å². The Morgan fingerprint density at radius 2 is 1.88 bits per heavy atom. The molecule has 0 unspecified atom stereocenters. The molecule has 1 heterocycles. The Balaban J connectivity index is 3.51. The van der Waals surface area contributed by atoms with Crippen LogP contribution in [0.25, 0.3) is 0 Å². The van der Waals surface area contributed by atoms with Gasteiger partial charge in [-0.25, -0.2) is 13.8 Å². The van der Waals surface area contributed by atoms with E-state index >= 15 is 0 Å². The van der Waals surface area contributed by atoms with Crippen LogP contribution >= 0.6 is 15.9 Å². The van der Waals surface area contributed by atoms with E-state index in [0.717, 1.165) is 0 Å². The maximum atomic E-state index is 12.7. The topological polar surface area (TPSA) is 12.9 Å². The van der Waals surface area contributed by atoms with Gasteiger partial charge in [0.2, 0.25) is 5.95 Å². The van der Waals surface area contributed by atoms with Crippen molar-refractivity contribution in [3.63, 3.8) is 0 Å². The predicted molar refractivity (Wildman–Crippen MR) is 46.8 cm³/mol. The van der Waals surface area contributed by atoms with Gasteiger partial charge < -0.3 is 0 Å². The Morgan fingerprint density at radius 1 is 1.31 bits per heavy atom. The molecule has 0 fully saturated rings. The van der Waals surface area contributed by atoms with Crippen molar-refractivity contribution in [2.24, 2.45) is 0 Å². The van der Waals surface area contributed by atoms with Crippen molar-refractivity contribution in [3.8, 4) is 0 Å². The van der Waals surface area contributed by atoms with Gasteiger partial charge in [-0.05, 0) is 11.6 Å². The molecule has 8 heteroatoms. The van der Waals surface area contributed by atoms with E-state index in [1.165, 1.54) is 0 Å². The van der Waals surface area contributed by atoms with E-state index in [2.05, 4.69) is 20.9 Å². The summed E-state index contributed by atoms with van der Waals surface area (Å²) in [6, 6.07) is 0.547. The van der Waals surface area contributed by atoms with E-state index in [4.69, 9.17) is 0 Å². The molecule has 0 saturated heterocycles. The fourth-order valence-electron chi connectivity index (χ4n) is 1.14. The van der Waals surface area contributed by atoms with Crippen LogP contribution in [0, 0.1) is 5.95 Å². The zero-order valence-electron chi connectivity index (χ0n) is 7.45. The summed E-state index contributed by atoms with van der Waals surface area (Å²) in [7, 11) is 0. The molecule has 0 N–H and O–H groups in total. The van der Waals surface area contributed by atoms with Gasteiger partial charge in [-0.2, -0.15) is 17.6 Å². The van der Waals surface area contributed by atoms with Crippen molar-refractivity contribution in [3.05, 3.63) is 28.8 Å². The first kappa shape index (κ1) is 13.3. The molecule has 0 bridgehead atoms. The number of nitrogens with zero attached hydrogens (tertiary/aromatic N) is 1. The van der Waals surface area contributed by atoms with Crippen molar-refractivity contribution >= 4 is 15.9 Å². The third-order valence-electron chi connectivity index (χ3n) is 1.74. The fraction of sp³-hybridized carbons (Fsp3) is 0.375. The normalized spacial score (nSPS) is 12.2. The largest absolute Gasteiger partial charge is 0.433 e. The molecular weight excluding hydrogens is 304 g/mol. The molecule has 0 spiro atoms. The van der Waals surface area contributed by atoms with Crippen LogP contribution in [0.2, 0.25) is 0 Å². The van der Waals surface area contributed by atoms with E-state index in [0.29, 0.717) is 6.07 Å². The van der Waals surface area contributed by atoms with Gasteiger partial charge in [-0.1, -0.05) is 15.9 Å². The summed E-state index contributed by atoms with van der Waals surface area (Å²) in [6.07, 6.45) is -8.47. The molecule has 1 nitrogen and oxygen atoms in total. The number of halogens is 7. The van der Waals surface area contributed by atoms with Crippen LogP contribution < -0.4 is 0 Å². The zero-order valence-corrected chi connectivity index (χ0v) is 9.04. The van der Waals surface area contributed by atoms with Crippen LogP contribution in [0.1, 0.15) is 23.2 Å². The molecule has 1 rings (SSSR count). The van der Waals surface area contributed by atoms with Crippen molar-refractivity contribution in [2.75, 3.05) is 0 Å². The predicted octanol–water partition coefficient (Wildman–Crippen LogP) is 4.07. The smallest absolute Gasteiger partial charge is 0.215 e. The van der Waals surface area contributed by atoms with Gasteiger partial charge in [0.1, 0.15) is 0 Å². The molecule has 0 amide bonds. The van der Waals surface area contributed by atoms with Gasteiger partial charge in [0, 0.05) is 5.33 Å². The standard InChI is InChI=1S/C8H4BrF6N/c9-2-3-1-4(10)16-6(8(13,14)15)5(3)7(11)12/h1,7H,2H2. The lowest BCUT2D eigenvalue weighted by atomic mass is 10.1. The van der Waals surface area contributed by atoms with E-state index in [1.54, 1.807) is 0 Å². The van der Waals surface area contributed by atoms with Gasteiger partial charge in [0.25, 0.3) is 6.43 Å². The number of aromatic nitrogens is 1.